The molecule has 0 atom stereocenters. The van der Waals surface area contributed by atoms with Gasteiger partial charge in [-0.2, -0.15) is 0 Å². The lowest BCUT2D eigenvalue weighted by Gasteiger charge is -2.13. The summed E-state index contributed by atoms with van der Waals surface area (Å²) in [6.07, 6.45) is 3.28. The number of carbonyl (C=O) groups excluding carboxylic acids is 3. The molecule has 0 aliphatic carbocycles. The van der Waals surface area contributed by atoms with E-state index in [-0.39, 0.29) is 30.7 Å². The Balaban J connectivity index is 1.62. The van der Waals surface area contributed by atoms with E-state index < -0.39 is 0 Å². The largest absolute Gasteiger partial charge is 0.325 e. The van der Waals surface area contributed by atoms with Gasteiger partial charge in [-0.1, -0.05) is 12.1 Å². The van der Waals surface area contributed by atoms with E-state index in [0.29, 0.717) is 16.8 Å². The van der Waals surface area contributed by atoms with Crippen LogP contribution in [0.5, 0.6) is 0 Å². The Hall–Kier alpha value is -3.02. The summed E-state index contributed by atoms with van der Waals surface area (Å²) in [4.78, 5) is 41.5. The van der Waals surface area contributed by atoms with Gasteiger partial charge >= 0.3 is 0 Å². The fraction of sp³-hybridized carbons (Fsp3) is 0.176. The van der Waals surface area contributed by atoms with Gasteiger partial charge in [-0.3, -0.25) is 24.3 Å². The van der Waals surface area contributed by atoms with Crippen LogP contribution >= 0.6 is 0 Å². The second kappa shape index (κ2) is 6.00. The van der Waals surface area contributed by atoms with Crippen LogP contribution in [0, 0.1) is 6.92 Å². The Morgan fingerprint density at radius 3 is 2.39 bits per heavy atom. The molecule has 1 aromatic heterocycles. The van der Waals surface area contributed by atoms with Crippen LogP contribution in [0.3, 0.4) is 0 Å². The topological polar surface area (TPSA) is 79.4 Å². The summed E-state index contributed by atoms with van der Waals surface area (Å²) in [5.74, 6) is -0.972. The number of imide groups is 1. The lowest BCUT2D eigenvalue weighted by Crippen LogP contribution is -2.32. The molecule has 23 heavy (non-hydrogen) atoms. The Labute approximate surface area is 133 Å². The summed E-state index contributed by atoms with van der Waals surface area (Å²) in [6.45, 7) is 1.93. The first kappa shape index (κ1) is 14.9. The Bertz CT molecular complexity index is 766. The van der Waals surface area contributed by atoms with Crippen molar-refractivity contribution in [1.82, 2.24) is 9.88 Å². The van der Waals surface area contributed by atoms with Crippen molar-refractivity contribution in [3.8, 4) is 0 Å². The molecule has 1 N–H and O–H groups in total. The number of aryl methyl sites for hydroxylation is 1. The van der Waals surface area contributed by atoms with Crippen LogP contribution in [-0.4, -0.2) is 34.2 Å². The molecule has 6 nitrogen and oxygen atoms in total. The molecule has 3 rings (SSSR count). The monoisotopic (exact) mass is 309 g/mol. The van der Waals surface area contributed by atoms with Crippen LogP contribution in [-0.2, 0) is 4.79 Å². The van der Waals surface area contributed by atoms with Crippen molar-refractivity contribution in [2.24, 2.45) is 0 Å². The zero-order valence-electron chi connectivity index (χ0n) is 12.6. The number of pyridine rings is 1. The number of nitrogens with zero attached hydrogens (tertiary/aromatic N) is 2. The number of hydrogen-bond acceptors (Lipinski definition) is 4. The van der Waals surface area contributed by atoms with Gasteiger partial charge in [0, 0.05) is 19.2 Å². The SMILES string of the molecule is Cc1cncc(NC(=O)CCN2C(=O)c3ccccc3C2=O)c1. The van der Waals surface area contributed by atoms with Crippen molar-refractivity contribution in [2.45, 2.75) is 13.3 Å². The van der Waals surface area contributed by atoms with Crippen LogP contribution in [0.2, 0.25) is 0 Å². The number of aromatic nitrogens is 1. The van der Waals surface area contributed by atoms with E-state index in [4.69, 9.17) is 0 Å². The molecule has 6 heteroatoms. The summed E-state index contributed by atoms with van der Waals surface area (Å²) < 4.78 is 0. The number of hydrogen-bond donors (Lipinski definition) is 1. The second-order valence-corrected chi connectivity index (χ2v) is 5.36. The molecule has 0 saturated heterocycles. The summed E-state index contributed by atoms with van der Waals surface area (Å²) in [6, 6.07) is 8.46. The van der Waals surface area contributed by atoms with Crippen LogP contribution in [0.1, 0.15) is 32.7 Å². The summed E-state index contributed by atoms with van der Waals surface area (Å²) in [7, 11) is 0. The first-order valence-corrected chi connectivity index (χ1v) is 7.23. The third-order valence-electron chi connectivity index (χ3n) is 3.60. The van der Waals surface area contributed by atoms with Crippen molar-refractivity contribution in [3.05, 3.63) is 59.4 Å². The van der Waals surface area contributed by atoms with E-state index in [1.54, 1.807) is 42.7 Å². The minimum atomic E-state index is -0.351. The van der Waals surface area contributed by atoms with E-state index in [1.807, 2.05) is 6.92 Å². The minimum absolute atomic E-state index is 0.0411. The Morgan fingerprint density at radius 1 is 1.13 bits per heavy atom. The predicted octanol–water partition coefficient (Wildman–Crippen LogP) is 2.01. The maximum Gasteiger partial charge on any atom is 0.261 e. The van der Waals surface area contributed by atoms with Crippen molar-refractivity contribution < 1.29 is 14.4 Å². The quantitative estimate of drug-likeness (QED) is 0.876. The van der Waals surface area contributed by atoms with Crippen LogP contribution < -0.4 is 5.32 Å². The van der Waals surface area contributed by atoms with Gasteiger partial charge in [-0.05, 0) is 30.7 Å². The highest BCUT2D eigenvalue weighted by molar-refractivity contribution is 6.21. The van der Waals surface area contributed by atoms with Crippen LogP contribution in [0.25, 0.3) is 0 Å². The van der Waals surface area contributed by atoms with Gasteiger partial charge < -0.3 is 5.32 Å². The standard InChI is InChI=1S/C17H15N3O3/c1-11-8-12(10-18-9-11)19-15(21)6-7-20-16(22)13-4-2-3-5-14(13)17(20)23/h2-5,8-10H,6-7H2,1H3,(H,19,21). The molecule has 0 spiro atoms. The first-order valence-electron chi connectivity index (χ1n) is 7.23. The van der Waals surface area contributed by atoms with E-state index in [0.717, 1.165) is 10.5 Å². The van der Waals surface area contributed by atoms with Gasteiger partial charge in [0.2, 0.25) is 5.91 Å². The normalized spacial score (nSPS) is 13.2. The molecule has 3 amide bonds. The smallest absolute Gasteiger partial charge is 0.261 e. The fourth-order valence-electron chi connectivity index (χ4n) is 2.50. The molecule has 1 aliphatic heterocycles. The highest BCUT2D eigenvalue weighted by Gasteiger charge is 2.34. The third kappa shape index (κ3) is 2.96. The Morgan fingerprint density at radius 2 is 1.78 bits per heavy atom. The second-order valence-electron chi connectivity index (χ2n) is 5.36. The maximum absolute atomic E-state index is 12.2. The van der Waals surface area contributed by atoms with E-state index in [2.05, 4.69) is 10.3 Å². The average Bonchev–Trinajstić information content (AvgIpc) is 2.77. The van der Waals surface area contributed by atoms with E-state index >= 15 is 0 Å². The molecule has 2 aromatic rings. The number of amides is 3. The molecule has 0 saturated carbocycles. The number of nitrogens with one attached hydrogen (secondary N) is 1. The summed E-state index contributed by atoms with van der Waals surface area (Å²) in [5.41, 5.74) is 2.31. The first-order chi connectivity index (χ1) is 11.1. The van der Waals surface area contributed by atoms with Gasteiger partial charge in [-0.15, -0.1) is 0 Å². The van der Waals surface area contributed by atoms with Gasteiger partial charge in [-0.25, -0.2) is 0 Å². The van der Waals surface area contributed by atoms with Crippen molar-refractivity contribution in [2.75, 3.05) is 11.9 Å². The summed E-state index contributed by atoms with van der Waals surface area (Å²) >= 11 is 0. The average molecular weight is 309 g/mol. The van der Waals surface area contributed by atoms with Crippen LogP contribution in [0.15, 0.2) is 42.7 Å². The number of anilines is 1. The number of fused-ring (bicyclic) bond motifs is 1. The van der Waals surface area contributed by atoms with Crippen molar-refractivity contribution >= 4 is 23.4 Å². The molecule has 0 fully saturated rings. The molecule has 0 bridgehead atoms. The molecule has 0 radical (unpaired) electrons. The molecule has 116 valence electrons. The number of benzene rings is 1. The van der Waals surface area contributed by atoms with Gasteiger partial charge in [0.25, 0.3) is 11.8 Å². The van der Waals surface area contributed by atoms with E-state index in [9.17, 15) is 14.4 Å². The van der Waals surface area contributed by atoms with E-state index in [1.165, 1.54) is 0 Å². The molecule has 0 unspecified atom stereocenters. The molecule has 2 heterocycles. The summed E-state index contributed by atoms with van der Waals surface area (Å²) in [5, 5.41) is 2.71. The Kier molecular flexibility index (Phi) is 3.89. The predicted molar refractivity (Wildman–Crippen MR) is 84.0 cm³/mol. The minimum Gasteiger partial charge on any atom is -0.325 e. The van der Waals surface area contributed by atoms with Gasteiger partial charge in [0.1, 0.15) is 0 Å². The lowest BCUT2D eigenvalue weighted by molar-refractivity contribution is -0.116. The third-order valence-corrected chi connectivity index (χ3v) is 3.60. The fourth-order valence-corrected chi connectivity index (χ4v) is 2.50. The number of rotatable bonds is 4. The number of carbonyl (C=O) groups is 3. The zero-order chi connectivity index (χ0) is 16.4. The zero-order valence-corrected chi connectivity index (χ0v) is 12.6. The molecular weight excluding hydrogens is 294 g/mol. The van der Waals surface area contributed by atoms with Crippen molar-refractivity contribution in [1.29, 1.82) is 0 Å². The molecular formula is C17H15N3O3. The van der Waals surface area contributed by atoms with Gasteiger partial charge in [0.15, 0.2) is 0 Å². The maximum atomic E-state index is 12.2. The molecule has 1 aliphatic rings. The van der Waals surface area contributed by atoms with Gasteiger partial charge in [0.05, 0.1) is 23.0 Å². The highest BCUT2D eigenvalue weighted by Crippen LogP contribution is 2.22. The van der Waals surface area contributed by atoms with Crippen molar-refractivity contribution in [3.63, 3.8) is 0 Å². The van der Waals surface area contributed by atoms with Crippen LogP contribution in [0.4, 0.5) is 5.69 Å². The lowest BCUT2D eigenvalue weighted by atomic mass is 10.1. The highest BCUT2D eigenvalue weighted by atomic mass is 16.2. The molecule has 1 aromatic carbocycles.